The van der Waals surface area contributed by atoms with Crippen LogP contribution in [-0.4, -0.2) is 58.1 Å². The maximum atomic E-state index is 12.5. The summed E-state index contributed by atoms with van der Waals surface area (Å²) in [6.45, 7) is 5.37. The molecule has 1 aliphatic rings. The molecule has 136 valence electrons. The Hall–Kier alpha value is -1.26. The van der Waals surface area contributed by atoms with E-state index < -0.39 is 44.3 Å². The standard InChI is InChI=1S/C15H27N3O5Si/c1-4-5-7-14(22)12(20)10(9-19)23-15(14,24(2)3)18-8-6-11(16)17-13(18)21/h6,8,10,12,19-20,22,24H,4-5,7,9H2,1-3H3,(H2,16,17,21)/t10-,12-,14-,15+/m1/s1. The lowest BCUT2D eigenvalue weighted by molar-refractivity contribution is -0.151. The van der Waals surface area contributed by atoms with Crippen molar-refractivity contribution in [2.75, 3.05) is 12.3 Å². The quantitative estimate of drug-likeness (QED) is 0.489. The minimum Gasteiger partial charge on any atom is -0.394 e. The molecule has 1 aromatic rings. The average molecular weight is 357 g/mol. The van der Waals surface area contributed by atoms with Crippen molar-refractivity contribution in [3.05, 3.63) is 22.7 Å². The highest BCUT2D eigenvalue weighted by atomic mass is 28.3. The van der Waals surface area contributed by atoms with Gasteiger partial charge in [-0.2, -0.15) is 4.98 Å². The molecule has 1 fully saturated rings. The molecular formula is C15H27N3O5Si. The second-order valence-corrected chi connectivity index (χ2v) is 9.76. The Labute approximate surface area is 142 Å². The maximum Gasteiger partial charge on any atom is 0.351 e. The second kappa shape index (κ2) is 6.93. The summed E-state index contributed by atoms with van der Waals surface area (Å²) in [7, 11) is -1.95. The van der Waals surface area contributed by atoms with Crippen molar-refractivity contribution in [1.29, 1.82) is 0 Å². The molecule has 0 saturated carbocycles. The normalized spacial score (nSPS) is 33.3. The molecule has 2 heterocycles. The summed E-state index contributed by atoms with van der Waals surface area (Å²) in [5.74, 6) is 0.0752. The molecular weight excluding hydrogens is 330 g/mol. The van der Waals surface area contributed by atoms with E-state index in [1.807, 2.05) is 20.0 Å². The number of rotatable bonds is 6. The molecule has 8 nitrogen and oxygen atoms in total. The summed E-state index contributed by atoms with van der Waals surface area (Å²) in [6.07, 6.45) is 0.891. The van der Waals surface area contributed by atoms with Crippen molar-refractivity contribution in [2.45, 2.75) is 62.4 Å². The maximum absolute atomic E-state index is 12.5. The summed E-state index contributed by atoms with van der Waals surface area (Å²) in [5, 5.41) is 30.3. The van der Waals surface area contributed by atoms with Gasteiger partial charge in [0.05, 0.1) is 6.61 Å². The highest BCUT2D eigenvalue weighted by Crippen LogP contribution is 2.47. The van der Waals surface area contributed by atoms with E-state index in [0.717, 1.165) is 6.42 Å². The molecule has 9 heteroatoms. The number of unbranched alkanes of at least 4 members (excludes halogenated alkanes) is 1. The van der Waals surface area contributed by atoms with Gasteiger partial charge in [0, 0.05) is 6.20 Å². The van der Waals surface area contributed by atoms with Crippen LogP contribution in [0.4, 0.5) is 5.82 Å². The Morgan fingerprint density at radius 3 is 2.67 bits per heavy atom. The number of nitrogen functional groups attached to an aromatic ring is 1. The van der Waals surface area contributed by atoms with Crippen molar-refractivity contribution in [2.24, 2.45) is 0 Å². The van der Waals surface area contributed by atoms with Crippen molar-refractivity contribution in [3.63, 3.8) is 0 Å². The molecule has 0 aromatic carbocycles. The zero-order chi connectivity index (χ0) is 18.1. The van der Waals surface area contributed by atoms with Gasteiger partial charge < -0.3 is 25.8 Å². The molecule has 0 aliphatic carbocycles. The number of hydrogen-bond donors (Lipinski definition) is 4. The fourth-order valence-electron chi connectivity index (χ4n) is 3.68. The highest BCUT2D eigenvalue weighted by molar-refractivity contribution is 6.58. The van der Waals surface area contributed by atoms with Crippen LogP contribution in [0.25, 0.3) is 0 Å². The van der Waals surface area contributed by atoms with Crippen LogP contribution in [0.3, 0.4) is 0 Å². The van der Waals surface area contributed by atoms with E-state index in [2.05, 4.69) is 4.98 Å². The molecule has 4 atom stereocenters. The van der Waals surface area contributed by atoms with Gasteiger partial charge in [-0.1, -0.05) is 32.9 Å². The summed E-state index contributed by atoms with van der Waals surface area (Å²) >= 11 is 0. The van der Waals surface area contributed by atoms with E-state index in [0.29, 0.717) is 6.42 Å². The number of nitrogens with zero attached hydrogens (tertiary/aromatic N) is 2. The van der Waals surface area contributed by atoms with Crippen molar-refractivity contribution in [3.8, 4) is 0 Å². The molecule has 2 rings (SSSR count). The predicted octanol–water partition coefficient (Wildman–Crippen LogP) is -0.822. The highest BCUT2D eigenvalue weighted by Gasteiger charge is 2.67. The van der Waals surface area contributed by atoms with Crippen LogP contribution >= 0.6 is 0 Å². The number of aliphatic hydroxyl groups is 3. The van der Waals surface area contributed by atoms with Crippen molar-refractivity contribution < 1.29 is 20.1 Å². The summed E-state index contributed by atoms with van der Waals surface area (Å²) in [6, 6.07) is 1.46. The lowest BCUT2D eigenvalue weighted by atomic mass is 9.88. The molecule has 0 spiro atoms. The fraction of sp³-hybridized carbons (Fsp3) is 0.733. The lowest BCUT2D eigenvalue weighted by Crippen LogP contribution is -2.66. The minimum absolute atomic E-state index is 0.0752. The van der Waals surface area contributed by atoms with Gasteiger partial charge in [0.1, 0.15) is 32.4 Å². The van der Waals surface area contributed by atoms with Crippen LogP contribution in [0.15, 0.2) is 17.1 Å². The van der Waals surface area contributed by atoms with Crippen LogP contribution < -0.4 is 11.4 Å². The first-order valence-corrected chi connectivity index (χ1v) is 11.2. The fourth-order valence-corrected chi connectivity index (χ4v) is 6.19. The van der Waals surface area contributed by atoms with Crippen LogP contribution in [0, 0.1) is 0 Å². The summed E-state index contributed by atoms with van der Waals surface area (Å²) < 4.78 is 7.23. The van der Waals surface area contributed by atoms with Gasteiger partial charge in [0.2, 0.25) is 0 Å². The Kier molecular flexibility index (Phi) is 5.50. The lowest BCUT2D eigenvalue weighted by Gasteiger charge is -2.45. The molecule has 1 saturated heterocycles. The predicted molar refractivity (Wildman–Crippen MR) is 92.2 cm³/mol. The Bertz CT molecular complexity index is 640. The number of anilines is 1. The van der Waals surface area contributed by atoms with Gasteiger partial charge >= 0.3 is 5.69 Å². The number of ether oxygens (including phenoxy) is 1. The van der Waals surface area contributed by atoms with E-state index >= 15 is 0 Å². The third-order valence-electron chi connectivity index (χ3n) is 4.85. The average Bonchev–Trinajstić information content (AvgIpc) is 2.75. The van der Waals surface area contributed by atoms with Crippen LogP contribution in [-0.2, 0) is 10.1 Å². The first-order chi connectivity index (χ1) is 11.2. The van der Waals surface area contributed by atoms with Crippen molar-refractivity contribution >= 4 is 14.6 Å². The smallest absolute Gasteiger partial charge is 0.351 e. The monoisotopic (exact) mass is 357 g/mol. The number of aliphatic hydroxyl groups excluding tert-OH is 2. The Morgan fingerprint density at radius 1 is 1.50 bits per heavy atom. The van der Waals surface area contributed by atoms with Crippen LogP contribution in [0.2, 0.25) is 13.1 Å². The Morgan fingerprint density at radius 2 is 2.17 bits per heavy atom. The second-order valence-electron chi connectivity index (χ2n) is 6.67. The molecule has 24 heavy (non-hydrogen) atoms. The molecule has 1 aliphatic heterocycles. The van der Waals surface area contributed by atoms with Gasteiger partial charge in [-0.05, 0) is 12.5 Å². The topological polar surface area (TPSA) is 131 Å². The van der Waals surface area contributed by atoms with Crippen LogP contribution in [0.1, 0.15) is 26.2 Å². The molecule has 0 amide bonds. The van der Waals surface area contributed by atoms with Gasteiger partial charge in [-0.3, -0.25) is 4.57 Å². The first kappa shape index (κ1) is 19.1. The van der Waals surface area contributed by atoms with E-state index in [9.17, 15) is 20.1 Å². The Balaban J connectivity index is 2.70. The zero-order valence-electron chi connectivity index (χ0n) is 14.3. The molecule has 0 radical (unpaired) electrons. The van der Waals surface area contributed by atoms with E-state index in [-0.39, 0.29) is 12.2 Å². The molecule has 0 unspecified atom stereocenters. The molecule has 1 aromatic heterocycles. The minimum atomic E-state index is -1.95. The van der Waals surface area contributed by atoms with Gasteiger partial charge in [-0.15, -0.1) is 0 Å². The van der Waals surface area contributed by atoms with E-state index in [1.54, 1.807) is 0 Å². The van der Waals surface area contributed by atoms with Crippen molar-refractivity contribution in [1.82, 2.24) is 9.55 Å². The SMILES string of the molecule is CCCC[C@@]1(O)[C@H](O)[C@@H](CO)O[C@]1(n1ccc(N)nc1=O)[SiH](C)C. The van der Waals surface area contributed by atoms with Gasteiger partial charge in [0.15, 0.2) is 5.35 Å². The van der Waals surface area contributed by atoms with Crippen LogP contribution in [0.5, 0.6) is 0 Å². The number of aromatic nitrogens is 2. The van der Waals surface area contributed by atoms with Gasteiger partial charge in [0.25, 0.3) is 0 Å². The third-order valence-corrected chi connectivity index (χ3v) is 7.33. The zero-order valence-corrected chi connectivity index (χ0v) is 15.5. The first-order valence-electron chi connectivity index (χ1n) is 8.29. The largest absolute Gasteiger partial charge is 0.394 e. The number of hydrogen-bond acceptors (Lipinski definition) is 7. The van der Waals surface area contributed by atoms with E-state index in [1.165, 1.54) is 16.8 Å². The summed E-state index contributed by atoms with van der Waals surface area (Å²) in [5.41, 5.74) is 3.24. The summed E-state index contributed by atoms with van der Waals surface area (Å²) in [4.78, 5) is 16.2. The molecule has 5 N–H and O–H groups in total. The number of nitrogens with two attached hydrogens (primary N) is 1. The van der Waals surface area contributed by atoms with E-state index in [4.69, 9.17) is 10.5 Å². The van der Waals surface area contributed by atoms with Gasteiger partial charge in [-0.25, -0.2) is 4.79 Å². The third kappa shape index (κ3) is 2.70. The molecule has 0 bridgehead atoms.